The number of halogens is 1. The lowest BCUT2D eigenvalue weighted by Crippen LogP contribution is -2.06. The Bertz CT molecular complexity index is 771. The standard InChI is InChI=1S/C14H15ClN6/c1-9-13(15)12(20(2)18-9)7-21-8-17-14(19-21)10-3-5-11(16)6-4-10/h3-6,8H,7,16H2,1-2H3. The molecule has 0 aliphatic rings. The van der Waals surface area contributed by atoms with Gasteiger partial charge in [-0.2, -0.15) is 10.2 Å². The normalized spacial score (nSPS) is 11.0. The van der Waals surface area contributed by atoms with E-state index < -0.39 is 0 Å². The molecule has 0 atom stereocenters. The van der Waals surface area contributed by atoms with Crippen LogP contribution in [0.3, 0.4) is 0 Å². The van der Waals surface area contributed by atoms with Gasteiger partial charge in [-0.3, -0.25) is 4.68 Å². The molecule has 0 saturated carbocycles. The summed E-state index contributed by atoms with van der Waals surface area (Å²) in [5.74, 6) is 0.657. The minimum Gasteiger partial charge on any atom is -0.399 e. The SMILES string of the molecule is Cc1nn(C)c(Cn2cnc(-c3ccc(N)cc3)n2)c1Cl. The number of anilines is 1. The van der Waals surface area contributed by atoms with Gasteiger partial charge in [0.25, 0.3) is 0 Å². The van der Waals surface area contributed by atoms with Crippen LogP contribution >= 0.6 is 11.6 Å². The summed E-state index contributed by atoms with van der Waals surface area (Å²) >= 11 is 6.25. The second-order valence-corrected chi connectivity index (χ2v) is 5.24. The van der Waals surface area contributed by atoms with Crippen LogP contribution in [0.1, 0.15) is 11.4 Å². The van der Waals surface area contributed by atoms with Gasteiger partial charge in [0.05, 0.1) is 23.0 Å². The fraction of sp³-hybridized carbons (Fsp3) is 0.214. The molecule has 3 aromatic rings. The average molecular weight is 303 g/mol. The lowest BCUT2D eigenvalue weighted by molar-refractivity contribution is 0.618. The fourth-order valence-corrected chi connectivity index (χ4v) is 2.36. The van der Waals surface area contributed by atoms with Crippen LogP contribution in [0.25, 0.3) is 11.4 Å². The predicted octanol–water partition coefficient (Wildman–Crippen LogP) is 2.27. The van der Waals surface area contributed by atoms with Crippen molar-refractivity contribution in [3.8, 4) is 11.4 Å². The van der Waals surface area contributed by atoms with Gasteiger partial charge < -0.3 is 5.73 Å². The second kappa shape index (κ2) is 5.21. The molecule has 21 heavy (non-hydrogen) atoms. The third kappa shape index (κ3) is 2.62. The van der Waals surface area contributed by atoms with Gasteiger partial charge in [0.15, 0.2) is 5.82 Å². The van der Waals surface area contributed by atoms with Crippen LogP contribution in [0.5, 0.6) is 0 Å². The van der Waals surface area contributed by atoms with Crippen LogP contribution in [0.4, 0.5) is 5.69 Å². The number of hydrogen-bond acceptors (Lipinski definition) is 4. The van der Waals surface area contributed by atoms with E-state index >= 15 is 0 Å². The first kappa shape index (κ1) is 13.6. The Morgan fingerprint density at radius 3 is 2.52 bits per heavy atom. The topological polar surface area (TPSA) is 74.5 Å². The molecule has 2 heterocycles. The highest BCUT2D eigenvalue weighted by molar-refractivity contribution is 6.31. The van der Waals surface area contributed by atoms with Crippen molar-refractivity contribution in [3.05, 3.63) is 47.0 Å². The Hall–Kier alpha value is -2.34. The third-order valence-electron chi connectivity index (χ3n) is 3.28. The molecule has 0 bridgehead atoms. The smallest absolute Gasteiger partial charge is 0.181 e. The minimum absolute atomic E-state index is 0.526. The summed E-state index contributed by atoms with van der Waals surface area (Å²) in [6, 6.07) is 7.46. The number of aromatic nitrogens is 5. The third-order valence-corrected chi connectivity index (χ3v) is 3.77. The number of rotatable bonds is 3. The molecular formula is C14H15ClN6. The van der Waals surface area contributed by atoms with Crippen molar-refractivity contribution in [1.82, 2.24) is 24.5 Å². The summed E-state index contributed by atoms with van der Waals surface area (Å²) in [4.78, 5) is 4.32. The highest BCUT2D eigenvalue weighted by Crippen LogP contribution is 2.21. The monoisotopic (exact) mass is 302 g/mol. The van der Waals surface area contributed by atoms with Gasteiger partial charge in [-0.05, 0) is 31.2 Å². The Balaban J connectivity index is 1.87. The summed E-state index contributed by atoms with van der Waals surface area (Å²) in [6.45, 7) is 2.41. The van der Waals surface area contributed by atoms with Crippen molar-refractivity contribution >= 4 is 17.3 Å². The number of nitrogens with two attached hydrogens (primary N) is 1. The molecule has 0 fully saturated rings. The quantitative estimate of drug-likeness (QED) is 0.753. The van der Waals surface area contributed by atoms with Gasteiger partial charge in [-0.25, -0.2) is 9.67 Å². The molecule has 2 aromatic heterocycles. The van der Waals surface area contributed by atoms with Crippen molar-refractivity contribution in [1.29, 1.82) is 0 Å². The molecule has 0 unspecified atom stereocenters. The molecule has 0 amide bonds. The summed E-state index contributed by atoms with van der Waals surface area (Å²) in [7, 11) is 1.87. The first-order chi connectivity index (χ1) is 10.0. The van der Waals surface area contributed by atoms with Gasteiger partial charge in [0, 0.05) is 18.3 Å². The highest BCUT2D eigenvalue weighted by atomic mass is 35.5. The van der Waals surface area contributed by atoms with E-state index in [9.17, 15) is 0 Å². The molecule has 0 aliphatic heterocycles. The van der Waals surface area contributed by atoms with Crippen LogP contribution in [-0.4, -0.2) is 24.5 Å². The number of nitrogens with zero attached hydrogens (tertiary/aromatic N) is 5. The number of benzene rings is 1. The fourth-order valence-electron chi connectivity index (χ4n) is 2.14. The zero-order chi connectivity index (χ0) is 15.0. The van der Waals surface area contributed by atoms with Gasteiger partial charge >= 0.3 is 0 Å². The summed E-state index contributed by atoms with van der Waals surface area (Å²) < 4.78 is 3.51. The molecule has 0 spiro atoms. The Morgan fingerprint density at radius 1 is 1.19 bits per heavy atom. The molecule has 0 aliphatic carbocycles. The summed E-state index contributed by atoms with van der Waals surface area (Å²) in [5, 5.41) is 9.42. The molecule has 1 aromatic carbocycles. The number of hydrogen-bond donors (Lipinski definition) is 1. The van der Waals surface area contributed by atoms with E-state index in [1.165, 1.54) is 0 Å². The van der Waals surface area contributed by atoms with Gasteiger partial charge in [0.2, 0.25) is 0 Å². The lowest BCUT2D eigenvalue weighted by Gasteiger charge is -2.02. The Labute approximate surface area is 127 Å². The first-order valence-corrected chi connectivity index (χ1v) is 6.85. The molecule has 0 radical (unpaired) electrons. The average Bonchev–Trinajstić information content (AvgIpc) is 3.01. The molecule has 7 heteroatoms. The van der Waals surface area contributed by atoms with E-state index in [4.69, 9.17) is 17.3 Å². The first-order valence-electron chi connectivity index (χ1n) is 6.48. The Morgan fingerprint density at radius 2 is 1.90 bits per heavy atom. The van der Waals surface area contributed by atoms with Gasteiger partial charge in [0.1, 0.15) is 6.33 Å². The van der Waals surface area contributed by atoms with Crippen molar-refractivity contribution in [2.45, 2.75) is 13.5 Å². The van der Waals surface area contributed by atoms with E-state index in [0.29, 0.717) is 17.4 Å². The highest BCUT2D eigenvalue weighted by Gasteiger charge is 2.13. The molecule has 6 nitrogen and oxygen atoms in total. The van der Waals surface area contributed by atoms with Crippen LogP contribution in [-0.2, 0) is 13.6 Å². The van der Waals surface area contributed by atoms with E-state index in [0.717, 1.165) is 22.6 Å². The number of aryl methyl sites for hydroxylation is 2. The molecule has 2 N–H and O–H groups in total. The van der Waals surface area contributed by atoms with Crippen molar-refractivity contribution in [3.63, 3.8) is 0 Å². The lowest BCUT2D eigenvalue weighted by atomic mass is 10.2. The maximum Gasteiger partial charge on any atom is 0.181 e. The zero-order valence-electron chi connectivity index (χ0n) is 11.8. The van der Waals surface area contributed by atoms with Crippen molar-refractivity contribution in [2.75, 3.05) is 5.73 Å². The summed E-state index contributed by atoms with van der Waals surface area (Å²) in [6.07, 6.45) is 1.68. The van der Waals surface area contributed by atoms with E-state index in [2.05, 4.69) is 15.2 Å². The minimum atomic E-state index is 0.526. The van der Waals surface area contributed by atoms with Crippen LogP contribution < -0.4 is 5.73 Å². The van der Waals surface area contributed by atoms with Gasteiger partial charge in [-0.15, -0.1) is 0 Å². The van der Waals surface area contributed by atoms with Crippen molar-refractivity contribution in [2.24, 2.45) is 7.05 Å². The maximum absolute atomic E-state index is 6.25. The van der Waals surface area contributed by atoms with Crippen LogP contribution in [0.2, 0.25) is 5.02 Å². The van der Waals surface area contributed by atoms with Gasteiger partial charge in [-0.1, -0.05) is 11.6 Å². The predicted molar refractivity (Wildman–Crippen MR) is 81.9 cm³/mol. The zero-order valence-corrected chi connectivity index (χ0v) is 12.5. The van der Waals surface area contributed by atoms with Crippen molar-refractivity contribution < 1.29 is 0 Å². The Kier molecular flexibility index (Phi) is 3.39. The van der Waals surface area contributed by atoms with Crippen LogP contribution in [0.15, 0.2) is 30.6 Å². The number of nitrogen functional groups attached to an aromatic ring is 1. The van der Waals surface area contributed by atoms with Crippen LogP contribution in [0, 0.1) is 6.92 Å². The molecule has 0 saturated heterocycles. The molecule has 108 valence electrons. The maximum atomic E-state index is 6.25. The van der Waals surface area contributed by atoms with E-state index in [-0.39, 0.29) is 0 Å². The van der Waals surface area contributed by atoms with E-state index in [1.54, 1.807) is 15.7 Å². The molecular weight excluding hydrogens is 288 g/mol. The largest absolute Gasteiger partial charge is 0.399 e. The molecule has 3 rings (SSSR count). The summed E-state index contributed by atoms with van der Waals surface area (Å²) in [5.41, 5.74) is 9.04. The van der Waals surface area contributed by atoms with E-state index in [1.807, 2.05) is 38.2 Å². The second-order valence-electron chi connectivity index (χ2n) is 4.86.